The van der Waals surface area contributed by atoms with Gasteiger partial charge in [-0.1, -0.05) is 11.6 Å². The van der Waals surface area contributed by atoms with Crippen molar-refractivity contribution in [1.82, 2.24) is 15.2 Å². The minimum Gasteiger partial charge on any atom is -0.355 e. The van der Waals surface area contributed by atoms with Gasteiger partial charge in [0.1, 0.15) is 5.15 Å². The highest BCUT2D eigenvalue weighted by atomic mass is 79.9. The summed E-state index contributed by atoms with van der Waals surface area (Å²) in [4.78, 5) is 28.6. The van der Waals surface area contributed by atoms with Crippen molar-refractivity contribution in [2.45, 2.75) is 6.92 Å². The quantitative estimate of drug-likeness (QED) is 0.853. The van der Waals surface area contributed by atoms with Crippen molar-refractivity contribution in [3.05, 3.63) is 27.5 Å². The number of hydrogen-bond donors (Lipinski definition) is 1. The van der Waals surface area contributed by atoms with E-state index in [0.717, 1.165) is 0 Å². The number of pyridine rings is 1. The zero-order valence-electron chi connectivity index (χ0n) is 10.0. The topological polar surface area (TPSA) is 62.3 Å². The number of nitrogens with one attached hydrogen (secondary N) is 1. The second-order valence-corrected chi connectivity index (χ2v) is 4.88. The predicted octanol–water partition coefficient (Wildman–Crippen LogP) is 1.71. The zero-order valence-corrected chi connectivity index (χ0v) is 12.4. The number of aromatic nitrogens is 1. The number of carbonyl (C=O) groups is 2. The van der Waals surface area contributed by atoms with E-state index in [9.17, 15) is 9.59 Å². The van der Waals surface area contributed by atoms with Crippen LogP contribution in [0.2, 0.25) is 5.15 Å². The van der Waals surface area contributed by atoms with Crippen LogP contribution >= 0.6 is 27.5 Å². The van der Waals surface area contributed by atoms with E-state index < -0.39 is 0 Å². The molecule has 0 aromatic carbocycles. The molecular weight excluding hydrogens is 321 g/mol. The SMILES string of the molecule is CCNC(=O)CN(C)C(=O)c1cc(Br)cnc1Cl. The van der Waals surface area contributed by atoms with Crippen LogP contribution < -0.4 is 5.32 Å². The summed E-state index contributed by atoms with van der Waals surface area (Å²) in [6.45, 7) is 2.32. The molecule has 1 heterocycles. The fourth-order valence-electron chi connectivity index (χ4n) is 1.32. The summed E-state index contributed by atoms with van der Waals surface area (Å²) in [5.74, 6) is -0.563. The molecule has 7 heteroatoms. The molecule has 2 amide bonds. The number of likely N-dealkylation sites (N-methyl/N-ethyl adjacent to an activating group) is 2. The van der Waals surface area contributed by atoms with Crippen molar-refractivity contribution in [2.75, 3.05) is 20.1 Å². The molecular formula is C11H13BrClN3O2. The molecule has 0 fully saturated rings. The van der Waals surface area contributed by atoms with Crippen LogP contribution in [0, 0.1) is 0 Å². The monoisotopic (exact) mass is 333 g/mol. The normalized spacial score (nSPS) is 10.0. The van der Waals surface area contributed by atoms with Gasteiger partial charge in [-0.05, 0) is 28.9 Å². The van der Waals surface area contributed by atoms with Crippen molar-refractivity contribution in [3.63, 3.8) is 0 Å². The van der Waals surface area contributed by atoms with Crippen molar-refractivity contribution in [2.24, 2.45) is 0 Å². The Morgan fingerprint density at radius 1 is 1.56 bits per heavy atom. The summed E-state index contributed by atoms with van der Waals surface area (Å²) >= 11 is 9.07. The Hall–Kier alpha value is -1.14. The summed E-state index contributed by atoms with van der Waals surface area (Å²) < 4.78 is 0.654. The Kier molecular flexibility index (Phi) is 5.55. The Morgan fingerprint density at radius 2 is 2.22 bits per heavy atom. The first-order chi connectivity index (χ1) is 8.45. The molecule has 0 aliphatic rings. The van der Waals surface area contributed by atoms with Gasteiger partial charge in [0.15, 0.2) is 0 Å². The lowest BCUT2D eigenvalue weighted by molar-refractivity contribution is -0.121. The Balaban J connectivity index is 2.80. The second kappa shape index (κ2) is 6.70. The molecule has 18 heavy (non-hydrogen) atoms. The van der Waals surface area contributed by atoms with E-state index in [-0.39, 0.29) is 29.1 Å². The van der Waals surface area contributed by atoms with Crippen LogP contribution in [0.1, 0.15) is 17.3 Å². The highest BCUT2D eigenvalue weighted by Gasteiger charge is 2.18. The van der Waals surface area contributed by atoms with Crippen LogP contribution in [0.3, 0.4) is 0 Å². The molecule has 0 bridgehead atoms. The molecule has 1 N–H and O–H groups in total. The summed E-state index contributed by atoms with van der Waals surface area (Å²) in [5.41, 5.74) is 0.262. The Bertz CT molecular complexity index is 468. The van der Waals surface area contributed by atoms with Crippen LogP contribution in [0.4, 0.5) is 0 Å². The Morgan fingerprint density at radius 3 is 2.83 bits per heavy atom. The molecule has 0 aliphatic carbocycles. The maximum Gasteiger partial charge on any atom is 0.257 e. The predicted molar refractivity (Wildman–Crippen MR) is 72.6 cm³/mol. The molecule has 98 valence electrons. The number of amides is 2. The van der Waals surface area contributed by atoms with E-state index >= 15 is 0 Å². The molecule has 5 nitrogen and oxygen atoms in total. The number of nitrogens with zero attached hydrogens (tertiary/aromatic N) is 2. The fraction of sp³-hybridized carbons (Fsp3) is 0.364. The van der Waals surface area contributed by atoms with Crippen molar-refractivity contribution in [1.29, 1.82) is 0 Å². The molecule has 1 aromatic heterocycles. The first-order valence-electron chi connectivity index (χ1n) is 5.29. The van der Waals surface area contributed by atoms with Crippen LogP contribution in [-0.2, 0) is 4.79 Å². The van der Waals surface area contributed by atoms with Crippen LogP contribution in [0.25, 0.3) is 0 Å². The van der Waals surface area contributed by atoms with E-state index in [2.05, 4.69) is 26.2 Å². The zero-order chi connectivity index (χ0) is 13.7. The summed E-state index contributed by atoms with van der Waals surface area (Å²) in [5, 5.41) is 2.73. The summed E-state index contributed by atoms with van der Waals surface area (Å²) in [7, 11) is 1.54. The minimum absolute atomic E-state index is 0.0183. The molecule has 0 atom stereocenters. The lowest BCUT2D eigenvalue weighted by atomic mass is 10.2. The average Bonchev–Trinajstić information content (AvgIpc) is 2.31. The molecule has 0 spiro atoms. The summed E-state index contributed by atoms with van der Waals surface area (Å²) in [6.07, 6.45) is 1.50. The standard InChI is InChI=1S/C11H13BrClN3O2/c1-3-14-9(17)6-16(2)11(18)8-4-7(12)5-15-10(8)13/h4-5H,3,6H2,1-2H3,(H,14,17). The minimum atomic E-state index is -0.347. The van der Waals surface area contributed by atoms with Crippen LogP contribution in [-0.4, -0.2) is 41.8 Å². The second-order valence-electron chi connectivity index (χ2n) is 3.61. The average molecular weight is 335 g/mol. The van der Waals surface area contributed by atoms with Gasteiger partial charge in [0.05, 0.1) is 12.1 Å². The first-order valence-corrected chi connectivity index (χ1v) is 6.46. The highest BCUT2D eigenvalue weighted by molar-refractivity contribution is 9.10. The van der Waals surface area contributed by atoms with E-state index in [1.165, 1.54) is 18.1 Å². The smallest absolute Gasteiger partial charge is 0.257 e. The van der Waals surface area contributed by atoms with Crippen molar-refractivity contribution in [3.8, 4) is 0 Å². The van der Waals surface area contributed by atoms with Gasteiger partial charge in [0.2, 0.25) is 5.91 Å². The van der Waals surface area contributed by atoms with E-state index in [1.807, 2.05) is 6.92 Å². The van der Waals surface area contributed by atoms with Gasteiger partial charge in [-0.15, -0.1) is 0 Å². The number of carbonyl (C=O) groups excluding carboxylic acids is 2. The third kappa shape index (κ3) is 3.96. The Labute approximate surface area is 119 Å². The van der Waals surface area contributed by atoms with Gasteiger partial charge in [0, 0.05) is 24.3 Å². The van der Waals surface area contributed by atoms with Crippen LogP contribution in [0.15, 0.2) is 16.7 Å². The van der Waals surface area contributed by atoms with Gasteiger partial charge >= 0.3 is 0 Å². The molecule has 0 unspecified atom stereocenters. The lowest BCUT2D eigenvalue weighted by Crippen LogP contribution is -2.38. The molecule has 0 aliphatic heterocycles. The van der Waals surface area contributed by atoms with Crippen molar-refractivity contribution < 1.29 is 9.59 Å². The van der Waals surface area contributed by atoms with Gasteiger partial charge < -0.3 is 10.2 Å². The van der Waals surface area contributed by atoms with E-state index in [1.54, 1.807) is 6.07 Å². The maximum absolute atomic E-state index is 12.1. The fourth-order valence-corrected chi connectivity index (χ4v) is 1.83. The largest absolute Gasteiger partial charge is 0.355 e. The van der Waals surface area contributed by atoms with Crippen LogP contribution in [0.5, 0.6) is 0 Å². The highest BCUT2D eigenvalue weighted by Crippen LogP contribution is 2.19. The van der Waals surface area contributed by atoms with Gasteiger partial charge in [-0.25, -0.2) is 4.98 Å². The van der Waals surface area contributed by atoms with Gasteiger partial charge in [-0.2, -0.15) is 0 Å². The van der Waals surface area contributed by atoms with E-state index in [0.29, 0.717) is 11.0 Å². The van der Waals surface area contributed by atoms with Crippen molar-refractivity contribution >= 4 is 39.3 Å². The third-order valence-electron chi connectivity index (χ3n) is 2.14. The molecule has 0 radical (unpaired) electrons. The molecule has 0 saturated heterocycles. The summed E-state index contributed by atoms with van der Waals surface area (Å²) in [6, 6.07) is 1.58. The number of rotatable bonds is 4. The molecule has 1 rings (SSSR count). The molecule has 1 aromatic rings. The maximum atomic E-state index is 12.1. The van der Waals surface area contributed by atoms with Gasteiger partial charge in [0.25, 0.3) is 5.91 Å². The number of hydrogen-bond acceptors (Lipinski definition) is 3. The number of halogens is 2. The van der Waals surface area contributed by atoms with Gasteiger partial charge in [-0.3, -0.25) is 9.59 Å². The molecule has 0 saturated carbocycles. The van der Waals surface area contributed by atoms with E-state index in [4.69, 9.17) is 11.6 Å². The third-order valence-corrected chi connectivity index (χ3v) is 2.87. The first kappa shape index (κ1) is 14.9. The lowest BCUT2D eigenvalue weighted by Gasteiger charge is -2.17.